The van der Waals surface area contributed by atoms with E-state index in [2.05, 4.69) is 10.6 Å². The lowest BCUT2D eigenvalue weighted by molar-refractivity contribution is -0.140. The molecular weight excluding hydrogens is 224 g/mol. The van der Waals surface area contributed by atoms with Crippen LogP contribution in [-0.2, 0) is 4.79 Å². The summed E-state index contributed by atoms with van der Waals surface area (Å²) in [5.74, 6) is -1.25. The third-order valence-corrected chi connectivity index (χ3v) is 3.20. The molecule has 6 nitrogen and oxygen atoms in total. The van der Waals surface area contributed by atoms with Crippen LogP contribution in [0.4, 0.5) is 4.79 Å². The molecular formula is C11H22N2O4. The molecule has 100 valence electrons. The van der Waals surface area contributed by atoms with Crippen LogP contribution in [0.15, 0.2) is 0 Å². The van der Waals surface area contributed by atoms with Crippen LogP contribution in [0, 0.1) is 0 Å². The Balaban J connectivity index is 4.47. The second-order valence-electron chi connectivity index (χ2n) is 4.01. The zero-order chi connectivity index (χ0) is 13.5. The van der Waals surface area contributed by atoms with Crippen LogP contribution < -0.4 is 10.6 Å². The summed E-state index contributed by atoms with van der Waals surface area (Å²) in [7, 11) is 0. The van der Waals surface area contributed by atoms with Crippen LogP contribution in [-0.4, -0.2) is 40.4 Å². The van der Waals surface area contributed by atoms with E-state index in [1.807, 2.05) is 20.8 Å². The lowest BCUT2D eigenvalue weighted by Gasteiger charge is -2.32. The van der Waals surface area contributed by atoms with Gasteiger partial charge in [-0.25, -0.2) is 9.59 Å². The monoisotopic (exact) mass is 246 g/mol. The van der Waals surface area contributed by atoms with E-state index >= 15 is 0 Å². The Kier molecular flexibility index (Phi) is 6.57. The number of urea groups is 1. The highest BCUT2D eigenvalue weighted by Crippen LogP contribution is 2.18. The summed E-state index contributed by atoms with van der Waals surface area (Å²) in [6.45, 7) is 5.27. The minimum Gasteiger partial charge on any atom is -0.480 e. The maximum atomic E-state index is 11.6. The van der Waals surface area contributed by atoms with Gasteiger partial charge in [0.2, 0.25) is 0 Å². The molecule has 0 aliphatic carbocycles. The highest BCUT2D eigenvalue weighted by atomic mass is 16.4. The number of aliphatic hydroxyl groups excluding tert-OH is 1. The van der Waals surface area contributed by atoms with Gasteiger partial charge in [-0.15, -0.1) is 0 Å². The number of aliphatic hydroxyl groups is 1. The number of rotatable bonds is 7. The number of carbonyl (C=O) groups excluding carboxylic acids is 1. The number of carboxylic acids is 1. The first-order valence-electron chi connectivity index (χ1n) is 5.87. The average Bonchev–Trinajstić information content (AvgIpc) is 2.32. The summed E-state index contributed by atoms with van der Waals surface area (Å²) in [4.78, 5) is 22.3. The molecule has 1 unspecified atom stereocenters. The molecule has 17 heavy (non-hydrogen) atoms. The quantitative estimate of drug-likeness (QED) is 0.531. The lowest BCUT2D eigenvalue weighted by Crippen LogP contribution is -2.55. The maximum absolute atomic E-state index is 11.6. The van der Waals surface area contributed by atoms with Crippen LogP contribution in [0.25, 0.3) is 0 Å². The first kappa shape index (κ1) is 15.7. The van der Waals surface area contributed by atoms with E-state index in [9.17, 15) is 9.59 Å². The molecule has 0 saturated carbocycles. The average molecular weight is 246 g/mol. The lowest BCUT2D eigenvalue weighted by atomic mass is 9.90. The van der Waals surface area contributed by atoms with Gasteiger partial charge in [0.15, 0.2) is 6.04 Å². The van der Waals surface area contributed by atoms with Gasteiger partial charge in [-0.2, -0.15) is 0 Å². The SMILES string of the molecule is CCC(CC)(CC)NC(=O)NC(CO)C(=O)O. The Morgan fingerprint density at radius 2 is 1.65 bits per heavy atom. The summed E-state index contributed by atoms with van der Waals surface area (Å²) in [6, 6.07) is -1.82. The largest absolute Gasteiger partial charge is 0.480 e. The molecule has 0 rings (SSSR count). The molecule has 0 aliphatic heterocycles. The Morgan fingerprint density at radius 3 is 1.94 bits per heavy atom. The van der Waals surface area contributed by atoms with E-state index in [1.54, 1.807) is 0 Å². The zero-order valence-corrected chi connectivity index (χ0v) is 10.6. The van der Waals surface area contributed by atoms with Gasteiger partial charge in [0.05, 0.1) is 6.61 Å². The molecule has 0 heterocycles. The summed E-state index contributed by atoms with van der Waals surface area (Å²) in [6.07, 6.45) is 2.30. The van der Waals surface area contributed by atoms with Crippen molar-refractivity contribution in [1.82, 2.24) is 10.6 Å². The fourth-order valence-electron chi connectivity index (χ4n) is 1.64. The van der Waals surface area contributed by atoms with Crippen molar-refractivity contribution in [3.63, 3.8) is 0 Å². The molecule has 0 saturated heterocycles. The van der Waals surface area contributed by atoms with Crippen LogP contribution in [0.2, 0.25) is 0 Å². The van der Waals surface area contributed by atoms with Crippen LogP contribution in [0.1, 0.15) is 40.0 Å². The number of carboxylic acid groups (broad SMARTS) is 1. The second kappa shape index (κ2) is 7.11. The van der Waals surface area contributed by atoms with Crippen LogP contribution >= 0.6 is 0 Å². The minimum absolute atomic E-state index is 0.317. The highest BCUT2D eigenvalue weighted by molar-refractivity contribution is 5.82. The maximum Gasteiger partial charge on any atom is 0.328 e. The van der Waals surface area contributed by atoms with Gasteiger partial charge in [-0.3, -0.25) is 0 Å². The fourth-order valence-corrected chi connectivity index (χ4v) is 1.64. The van der Waals surface area contributed by atoms with Crippen molar-refractivity contribution in [3.05, 3.63) is 0 Å². The number of amides is 2. The molecule has 0 fully saturated rings. The number of hydrogen-bond acceptors (Lipinski definition) is 3. The Bertz CT molecular complexity index is 256. The first-order chi connectivity index (χ1) is 7.94. The molecule has 0 aromatic carbocycles. The standard InChI is InChI=1S/C11H22N2O4/c1-4-11(5-2,6-3)13-10(17)12-8(7-14)9(15)16/h8,14H,4-7H2,1-3H3,(H,15,16)(H2,12,13,17). The topological polar surface area (TPSA) is 98.7 Å². The number of aliphatic carboxylic acids is 1. The molecule has 1 atom stereocenters. The fraction of sp³-hybridized carbons (Fsp3) is 0.818. The number of hydrogen-bond donors (Lipinski definition) is 4. The van der Waals surface area contributed by atoms with Crippen molar-refractivity contribution >= 4 is 12.0 Å². The van der Waals surface area contributed by atoms with Gasteiger partial charge >= 0.3 is 12.0 Å². The van der Waals surface area contributed by atoms with Gasteiger partial charge in [0.25, 0.3) is 0 Å². The molecule has 0 aromatic rings. The van der Waals surface area contributed by atoms with E-state index < -0.39 is 24.6 Å². The summed E-state index contributed by atoms with van der Waals surface area (Å²) in [5.41, 5.74) is -0.317. The van der Waals surface area contributed by atoms with Gasteiger partial charge < -0.3 is 20.8 Å². The smallest absolute Gasteiger partial charge is 0.328 e. The minimum atomic E-state index is -1.27. The molecule has 0 aliphatic rings. The van der Waals surface area contributed by atoms with Gasteiger partial charge in [-0.1, -0.05) is 20.8 Å². The molecule has 4 N–H and O–H groups in total. The highest BCUT2D eigenvalue weighted by Gasteiger charge is 2.27. The molecule has 0 radical (unpaired) electrons. The molecule has 0 aromatic heterocycles. The Hall–Kier alpha value is -1.30. The van der Waals surface area contributed by atoms with E-state index in [0.717, 1.165) is 19.3 Å². The van der Waals surface area contributed by atoms with E-state index in [1.165, 1.54) is 0 Å². The zero-order valence-electron chi connectivity index (χ0n) is 10.6. The number of carbonyl (C=O) groups is 2. The van der Waals surface area contributed by atoms with Gasteiger partial charge in [0, 0.05) is 5.54 Å². The van der Waals surface area contributed by atoms with Crippen molar-refractivity contribution in [2.75, 3.05) is 6.61 Å². The molecule has 6 heteroatoms. The predicted octanol–water partition coefficient (Wildman–Crippen LogP) is 0.700. The van der Waals surface area contributed by atoms with Crippen LogP contribution in [0.3, 0.4) is 0 Å². The van der Waals surface area contributed by atoms with Crippen molar-refractivity contribution in [2.45, 2.75) is 51.6 Å². The summed E-state index contributed by atoms with van der Waals surface area (Å²) < 4.78 is 0. The van der Waals surface area contributed by atoms with E-state index in [4.69, 9.17) is 10.2 Å². The summed E-state index contributed by atoms with van der Waals surface area (Å²) in [5, 5.41) is 22.5. The third kappa shape index (κ3) is 4.60. The van der Waals surface area contributed by atoms with E-state index in [0.29, 0.717) is 0 Å². The van der Waals surface area contributed by atoms with Crippen LogP contribution in [0.5, 0.6) is 0 Å². The first-order valence-corrected chi connectivity index (χ1v) is 5.87. The van der Waals surface area contributed by atoms with E-state index in [-0.39, 0.29) is 5.54 Å². The van der Waals surface area contributed by atoms with Crippen molar-refractivity contribution in [2.24, 2.45) is 0 Å². The second-order valence-corrected chi connectivity index (χ2v) is 4.01. The summed E-state index contributed by atoms with van der Waals surface area (Å²) >= 11 is 0. The molecule has 0 spiro atoms. The van der Waals surface area contributed by atoms with Gasteiger partial charge in [0.1, 0.15) is 0 Å². The predicted molar refractivity (Wildman–Crippen MR) is 63.8 cm³/mol. The molecule has 0 bridgehead atoms. The molecule has 2 amide bonds. The Morgan fingerprint density at radius 1 is 1.18 bits per heavy atom. The normalized spacial score (nSPS) is 12.9. The van der Waals surface area contributed by atoms with Gasteiger partial charge in [-0.05, 0) is 19.3 Å². The number of nitrogens with one attached hydrogen (secondary N) is 2. The van der Waals surface area contributed by atoms with Crippen molar-refractivity contribution < 1.29 is 19.8 Å². The van der Waals surface area contributed by atoms with Crippen molar-refractivity contribution in [1.29, 1.82) is 0 Å². The van der Waals surface area contributed by atoms with Crippen molar-refractivity contribution in [3.8, 4) is 0 Å². The third-order valence-electron chi connectivity index (χ3n) is 3.20. The Labute approximate surface area is 101 Å².